The molecular weight excluding hydrogens is 207 g/mol. The van der Waals surface area contributed by atoms with Crippen molar-refractivity contribution in [3.05, 3.63) is 29.8 Å². The van der Waals surface area contributed by atoms with Crippen LogP contribution in [-0.4, -0.2) is 13.3 Å². The second-order valence-electron chi connectivity index (χ2n) is 3.87. The van der Waals surface area contributed by atoms with Crippen molar-refractivity contribution in [3.8, 4) is 0 Å². The summed E-state index contributed by atoms with van der Waals surface area (Å²) in [6.07, 6.45) is 2.03. The Bertz CT molecular complexity index is 343. The summed E-state index contributed by atoms with van der Waals surface area (Å²) in [5, 5.41) is 0.809. The second-order valence-corrected chi connectivity index (χ2v) is 6.33. The van der Waals surface area contributed by atoms with Crippen molar-refractivity contribution >= 4 is 12.7 Å². The zero-order chi connectivity index (χ0) is 11.3. The summed E-state index contributed by atoms with van der Waals surface area (Å²) in [6.45, 7) is 6.38. The average Bonchev–Trinajstić information content (AvgIpc) is 2.18. The van der Waals surface area contributed by atoms with E-state index in [2.05, 4.69) is 6.92 Å². The summed E-state index contributed by atoms with van der Waals surface area (Å²) < 4.78 is 17.6. The Hall–Kier alpha value is -0.590. The minimum Gasteiger partial charge on any atom is -0.325 e. The largest absolute Gasteiger partial charge is 0.325 e. The van der Waals surface area contributed by atoms with Crippen LogP contribution >= 0.6 is 7.37 Å². The van der Waals surface area contributed by atoms with Crippen molar-refractivity contribution in [2.75, 3.05) is 13.3 Å². The van der Waals surface area contributed by atoms with Crippen LogP contribution in [0.3, 0.4) is 0 Å². The van der Waals surface area contributed by atoms with Gasteiger partial charge in [0.05, 0.1) is 6.61 Å². The van der Waals surface area contributed by atoms with Crippen LogP contribution < -0.4 is 5.30 Å². The predicted molar refractivity (Wildman–Crippen MR) is 65.2 cm³/mol. The smallest absolute Gasteiger partial charge is 0.229 e. The molecule has 1 aromatic carbocycles. The number of rotatable bonds is 5. The Labute approximate surface area is 92.1 Å². The molecule has 0 spiro atoms. The molecule has 0 fully saturated rings. The van der Waals surface area contributed by atoms with Gasteiger partial charge in [-0.25, -0.2) is 0 Å². The Kier molecular flexibility index (Phi) is 4.56. The normalized spacial score (nSPS) is 14.9. The Morgan fingerprint density at radius 1 is 1.27 bits per heavy atom. The monoisotopic (exact) mass is 226 g/mol. The summed E-state index contributed by atoms with van der Waals surface area (Å²) in [7, 11) is -2.59. The summed E-state index contributed by atoms with van der Waals surface area (Å²) in [4.78, 5) is 0. The van der Waals surface area contributed by atoms with E-state index in [9.17, 15) is 4.57 Å². The minimum absolute atomic E-state index is 0.582. The van der Waals surface area contributed by atoms with Crippen LogP contribution in [0.25, 0.3) is 0 Å². The summed E-state index contributed by atoms with van der Waals surface area (Å²) >= 11 is 0. The molecule has 0 radical (unpaired) electrons. The molecule has 0 aliphatic carbocycles. The van der Waals surface area contributed by atoms with Gasteiger partial charge in [-0.15, -0.1) is 0 Å². The van der Waals surface area contributed by atoms with Gasteiger partial charge in [-0.2, -0.15) is 0 Å². The molecule has 1 unspecified atom stereocenters. The average molecular weight is 226 g/mol. The van der Waals surface area contributed by atoms with Crippen molar-refractivity contribution < 1.29 is 9.09 Å². The van der Waals surface area contributed by atoms with Gasteiger partial charge in [-0.1, -0.05) is 31.0 Å². The lowest BCUT2D eigenvalue weighted by Gasteiger charge is -2.13. The maximum absolute atomic E-state index is 12.2. The van der Waals surface area contributed by atoms with Gasteiger partial charge in [-0.3, -0.25) is 4.57 Å². The third kappa shape index (κ3) is 3.81. The van der Waals surface area contributed by atoms with Gasteiger partial charge in [0.2, 0.25) is 7.37 Å². The van der Waals surface area contributed by atoms with Gasteiger partial charge >= 0.3 is 0 Å². The number of aryl methyl sites for hydroxylation is 1. The second kappa shape index (κ2) is 5.48. The van der Waals surface area contributed by atoms with Crippen LogP contribution in [0.1, 0.15) is 25.3 Å². The van der Waals surface area contributed by atoms with Gasteiger partial charge < -0.3 is 4.52 Å². The van der Waals surface area contributed by atoms with Crippen LogP contribution in [0, 0.1) is 6.92 Å². The highest BCUT2D eigenvalue weighted by Gasteiger charge is 2.18. The van der Waals surface area contributed by atoms with Gasteiger partial charge in [-0.05, 0) is 25.5 Å². The van der Waals surface area contributed by atoms with Crippen molar-refractivity contribution in [2.24, 2.45) is 0 Å². The maximum Gasteiger partial charge on any atom is 0.229 e. The van der Waals surface area contributed by atoms with E-state index in [1.807, 2.05) is 31.2 Å². The van der Waals surface area contributed by atoms with E-state index in [0.717, 1.165) is 18.1 Å². The summed E-state index contributed by atoms with van der Waals surface area (Å²) in [6, 6.07) is 7.72. The van der Waals surface area contributed by atoms with Crippen molar-refractivity contribution in [3.63, 3.8) is 0 Å². The highest BCUT2D eigenvalue weighted by Crippen LogP contribution is 2.41. The third-order valence-corrected chi connectivity index (χ3v) is 4.25. The number of benzene rings is 1. The predicted octanol–water partition coefficient (Wildman–Crippen LogP) is 3.34. The van der Waals surface area contributed by atoms with Crippen LogP contribution in [-0.2, 0) is 9.09 Å². The lowest BCUT2D eigenvalue weighted by atomic mass is 10.2. The Balaban J connectivity index is 2.68. The molecule has 0 amide bonds. The van der Waals surface area contributed by atoms with E-state index in [1.165, 1.54) is 5.56 Å². The van der Waals surface area contributed by atoms with E-state index in [0.29, 0.717) is 6.61 Å². The fraction of sp³-hybridized carbons (Fsp3) is 0.500. The standard InChI is InChI=1S/C12H19O2P/c1-4-5-10-14-15(3,13)12-8-6-11(2)7-9-12/h6-9H,4-5,10H2,1-3H3. The molecule has 0 saturated heterocycles. The molecule has 0 heterocycles. The van der Waals surface area contributed by atoms with Crippen molar-refractivity contribution in [2.45, 2.75) is 26.7 Å². The molecule has 0 bridgehead atoms. The van der Waals surface area contributed by atoms with E-state index in [1.54, 1.807) is 6.66 Å². The molecule has 0 N–H and O–H groups in total. The molecule has 84 valence electrons. The fourth-order valence-electron chi connectivity index (χ4n) is 1.27. The first kappa shape index (κ1) is 12.5. The maximum atomic E-state index is 12.2. The summed E-state index contributed by atoms with van der Waals surface area (Å²) in [5.41, 5.74) is 1.17. The van der Waals surface area contributed by atoms with Crippen LogP contribution in [0.15, 0.2) is 24.3 Å². The van der Waals surface area contributed by atoms with Crippen LogP contribution in [0.5, 0.6) is 0 Å². The van der Waals surface area contributed by atoms with Gasteiger partial charge in [0, 0.05) is 12.0 Å². The van der Waals surface area contributed by atoms with Crippen LogP contribution in [0.2, 0.25) is 0 Å². The highest BCUT2D eigenvalue weighted by atomic mass is 31.2. The molecule has 1 rings (SSSR count). The quantitative estimate of drug-likeness (QED) is 0.568. The molecule has 0 saturated carbocycles. The zero-order valence-corrected chi connectivity index (χ0v) is 10.6. The first-order chi connectivity index (χ1) is 7.06. The molecule has 3 heteroatoms. The molecular formula is C12H19O2P. The molecule has 2 nitrogen and oxygen atoms in total. The van der Waals surface area contributed by atoms with E-state index in [-0.39, 0.29) is 0 Å². The lowest BCUT2D eigenvalue weighted by molar-refractivity contribution is 0.316. The minimum atomic E-state index is -2.59. The molecule has 1 aromatic rings. The van der Waals surface area contributed by atoms with Crippen LogP contribution in [0.4, 0.5) is 0 Å². The van der Waals surface area contributed by atoms with Gasteiger partial charge in [0.1, 0.15) is 0 Å². The third-order valence-electron chi connectivity index (χ3n) is 2.34. The molecule has 1 atom stereocenters. The number of hydrogen-bond acceptors (Lipinski definition) is 2. The van der Waals surface area contributed by atoms with E-state index < -0.39 is 7.37 Å². The topological polar surface area (TPSA) is 26.3 Å². The summed E-state index contributed by atoms with van der Waals surface area (Å²) in [5.74, 6) is 0. The zero-order valence-electron chi connectivity index (χ0n) is 9.69. The van der Waals surface area contributed by atoms with Gasteiger partial charge in [0.25, 0.3) is 0 Å². The Morgan fingerprint density at radius 3 is 2.40 bits per heavy atom. The molecule has 0 aliphatic rings. The fourth-order valence-corrected chi connectivity index (χ4v) is 2.59. The highest BCUT2D eigenvalue weighted by molar-refractivity contribution is 7.66. The molecule has 0 aliphatic heterocycles. The SMILES string of the molecule is CCCCOP(C)(=O)c1ccc(C)cc1. The first-order valence-corrected chi connectivity index (χ1v) is 7.43. The molecule has 0 aromatic heterocycles. The van der Waals surface area contributed by atoms with E-state index >= 15 is 0 Å². The Morgan fingerprint density at radius 2 is 1.87 bits per heavy atom. The number of unbranched alkanes of at least 4 members (excludes halogenated alkanes) is 1. The van der Waals surface area contributed by atoms with Crippen molar-refractivity contribution in [1.29, 1.82) is 0 Å². The van der Waals surface area contributed by atoms with Crippen molar-refractivity contribution in [1.82, 2.24) is 0 Å². The van der Waals surface area contributed by atoms with Gasteiger partial charge in [0.15, 0.2) is 0 Å². The first-order valence-electron chi connectivity index (χ1n) is 5.35. The lowest BCUT2D eigenvalue weighted by Crippen LogP contribution is -2.07. The molecule has 15 heavy (non-hydrogen) atoms. The number of hydrogen-bond donors (Lipinski definition) is 0. The van der Waals surface area contributed by atoms with E-state index in [4.69, 9.17) is 4.52 Å².